The van der Waals surface area contributed by atoms with Crippen molar-refractivity contribution in [1.82, 2.24) is 5.32 Å². The van der Waals surface area contributed by atoms with E-state index in [0.717, 1.165) is 28.9 Å². The van der Waals surface area contributed by atoms with Gasteiger partial charge in [0.05, 0.1) is 14.2 Å². The zero-order valence-electron chi connectivity index (χ0n) is 11.4. The third-order valence-corrected chi connectivity index (χ3v) is 3.69. The number of benzene rings is 1. The van der Waals surface area contributed by atoms with Gasteiger partial charge in [0, 0.05) is 0 Å². The lowest BCUT2D eigenvalue weighted by molar-refractivity contribution is 0.385. The molecule has 0 fully saturated rings. The van der Waals surface area contributed by atoms with Gasteiger partial charge in [-0.3, -0.25) is 0 Å². The molecule has 1 aromatic rings. The molecule has 3 nitrogen and oxygen atoms in total. The Hall–Kier alpha value is -0.740. The van der Waals surface area contributed by atoms with Crippen LogP contribution in [0.25, 0.3) is 0 Å². The standard InChI is InChI=1S/C14H22BrNO2/c1-16-10-6-4-5-7-11-8-9-12(17-2)13(15)14(11)18-3/h8-9,16H,4-7,10H2,1-3H3. The summed E-state index contributed by atoms with van der Waals surface area (Å²) in [5.74, 6) is 1.70. The van der Waals surface area contributed by atoms with Gasteiger partial charge >= 0.3 is 0 Å². The highest BCUT2D eigenvalue weighted by Gasteiger charge is 2.12. The molecule has 1 rings (SSSR count). The lowest BCUT2D eigenvalue weighted by Crippen LogP contribution is -2.07. The van der Waals surface area contributed by atoms with Crippen molar-refractivity contribution in [2.75, 3.05) is 27.8 Å². The minimum Gasteiger partial charge on any atom is -0.495 e. The van der Waals surface area contributed by atoms with Crippen LogP contribution < -0.4 is 14.8 Å². The highest BCUT2D eigenvalue weighted by atomic mass is 79.9. The van der Waals surface area contributed by atoms with E-state index < -0.39 is 0 Å². The summed E-state index contributed by atoms with van der Waals surface area (Å²) in [6.45, 7) is 1.09. The summed E-state index contributed by atoms with van der Waals surface area (Å²) >= 11 is 3.53. The average molecular weight is 316 g/mol. The van der Waals surface area contributed by atoms with Crippen LogP contribution in [0.1, 0.15) is 24.8 Å². The summed E-state index contributed by atoms with van der Waals surface area (Å²) in [5.41, 5.74) is 1.23. The molecule has 1 aromatic carbocycles. The van der Waals surface area contributed by atoms with Gasteiger partial charge < -0.3 is 14.8 Å². The molecule has 0 saturated heterocycles. The van der Waals surface area contributed by atoms with Crippen LogP contribution >= 0.6 is 15.9 Å². The molecule has 0 heterocycles. The van der Waals surface area contributed by atoms with Crippen molar-refractivity contribution in [3.05, 3.63) is 22.2 Å². The number of hydrogen-bond acceptors (Lipinski definition) is 3. The maximum absolute atomic E-state index is 5.46. The normalized spacial score (nSPS) is 10.4. The summed E-state index contributed by atoms with van der Waals surface area (Å²) in [5, 5.41) is 3.16. The monoisotopic (exact) mass is 315 g/mol. The van der Waals surface area contributed by atoms with Gasteiger partial charge in [-0.05, 0) is 60.4 Å². The molecule has 0 aliphatic heterocycles. The molecule has 0 amide bonds. The molecular weight excluding hydrogens is 294 g/mol. The Labute approximate surface area is 118 Å². The van der Waals surface area contributed by atoms with Crippen LogP contribution in [0.2, 0.25) is 0 Å². The first-order valence-electron chi connectivity index (χ1n) is 6.28. The Morgan fingerprint density at radius 2 is 1.89 bits per heavy atom. The SMILES string of the molecule is CNCCCCCc1ccc(OC)c(Br)c1OC. The van der Waals surface area contributed by atoms with E-state index >= 15 is 0 Å². The van der Waals surface area contributed by atoms with Crippen molar-refractivity contribution in [1.29, 1.82) is 0 Å². The van der Waals surface area contributed by atoms with Crippen LogP contribution in [0, 0.1) is 0 Å². The maximum atomic E-state index is 5.46. The number of halogens is 1. The van der Waals surface area contributed by atoms with Crippen molar-refractivity contribution in [3.63, 3.8) is 0 Å². The Morgan fingerprint density at radius 1 is 1.11 bits per heavy atom. The number of ether oxygens (including phenoxy) is 2. The fourth-order valence-electron chi connectivity index (χ4n) is 1.95. The molecular formula is C14H22BrNO2. The lowest BCUT2D eigenvalue weighted by Gasteiger charge is -2.13. The number of rotatable bonds is 8. The van der Waals surface area contributed by atoms with Gasteiger partial charge in [0.15, 0.2) is 0 Å². The van der Waals surface area contributed by atoms with Gasteiger partial charge in [0.2, 0.25) is 0 Å². The van der Waals surface area contributed by atoms with Gasteiger partial charge in [0.25, 0.3) is 0 Å². The van der Waals surface area contributed by atoms with Crippen molar-refractivity contribution in [2.45, 2.75) is 25.7 Å². The zero-order chi connectivity index (χ0) is 13.4. The molecule has 1 N–H and O–H groups in total. The van der Waals surface area contributed by atoms with Crippen LogP contribution in [0.15, 0.2) is 16.6 Å². The van der Waals surface area contributed by atoms with Crippen molar-refractivity contribution < 1.29 is 9.47 Å². The Balaban J connectivity index is 2.62. The average Bonchev–Trinajstić information content (AvgIpc) is 2.39. The van der Waals surface area contributed by atoms with E-state index in [-0.39, 0.29) is 0 Å². The molecule has 0 radical (unpaired) electrons. The molecule has 0 aliphatic rings. The van der Waals surface area contributed by atoms with Crippen LogP contribution in [-0.2, 0) is 6.42 Å². The molecule has 0 bridgehead atoms. The van der Waals surface area contributed by atoms with Gasteiger partial charge in [0.1, 0.15) is 16.0 Å². The molecule has 0 saturated carbocycles. The second kappa shape index (κ2) is 8.38. The topological polar surface area (TPSA) is 30.5 Å². The number of unbranched alkanes of at least 4 members (excludes halogenated alkanes) is 2. The van der Waals surface area contributed by atoms with Crippen LogP contribution in [0.3, 0.4) is 0 Å². The van der Waals surface area contributed by atoms with Gasteiger partial charge in [-0.1, -0.05) is 12.5 Å². The molecule has 102 valence electrons. The minimum absolute atomic E-state index is 0.811. The van der Waals surface area contributed by atoms with E-state index in [2.05, 4.69) is 27.3 Å². The summed E-state index contributed by atoms with van der Waals surface area (Å²) < 4.78 is 11.6. The summed E-state index contributed by atoms with van der Waals surface area (Å²) in [7, 11) is 5.35. The first kappa shape index (κ1) is 15.3. The van der Waals surface area contributed by atoms with E-state index in [4.69, 9.17) is 9.47 Å². The fraction of sp³-hybridized carbons (Fsp3) is 0.571. The molecule has 0 aliphatic carbocycles. The van der Waals surface area contributed by atoms with Crippen molar-refractivity contribution in [3.8, 4) is 11.5 Å². The number of nitrogens with one attached hydrogen (secondary N) is 1. The molecule has 18 heavy (non-hydrogen) atoms. The number of methoxy groups -OCH3 is 2. The first-order chi connectivity index (χ1) is 8.74. The Kier molecular flexibility index (Phi) is 7.13. The predicted octanol–water partition coefficient (Wildman–Crippen LogP) is 3.40. The van der Waals surface area contributed by atoms with Crippen LogP contribution in [0.5, 0.6) is 11.5 Å². The molecule has 0 spiro atoms. The number of hydrogen-bond donors (Lipinski definition) is 1. The van der Waals surface area contributed by atoms with E-state index in [1.54, 1.807) is 14.2 Å². The van der Waals surface area contributed by atoms with E-state index in [1.165, 1.54) is 24.8 Å². The summed E-state index contributed by atoms with van der Waals surface area (Å²) in [6.07, 6.45) is 4.66. The summed E-state index contributed by atoms with van der Waals surface area (Å²) in [6, 6.07) is 4.07. The zero-order valence-corrected chi connectivity index (χ0v) is 13.0. The highest BCUT2D eigenvalue weighted by Crippen LogP contribution is 2.37. The predicted molar refractivity (Wildman–Crippen MR) is 78.7 cm³/mol. The van der Waals surface area contributed by atoms with E-state index in [9.17, 15) is 0 Å². The van der Waals surface area contributed by atoms with Crippen molar-refractivity contribution in [2.24, 2.45) is 0 Å². The Morgan fingerprint density at radius 3 is 2.50 bits per heavy atom. The molecule has 0 atom stereocenters. The van der Waals surface area contributed by atoms with E-state index in [1.807, 2.05) is 13.1 Å². The minimum atomic E-state index is 0.811. The van der Waals surface area contributed by atoms with Gasteiger partial charge in [-0.2, -0.15) is 0 Å². The summed E-state index contributed by atoms with van der Waals surface area (Å²) in [4.78, 5) is 0. The molecule has 0 unspecified atom stereocenters. The van der Waals surface area contributed by atoms with E-state index in [0.29, 0.717) is 0 Å². The quantitative estimate of drug-likeness (QED) is 0.746. The van der Waals surface area contributed by atoms with Crippen molar-refractivity contribution >= 4 is 15.9 Å². The fourth-order valence-corrected chi connectivity index (χ4v) is 2.66. The largest absolute Gasteiger partial charge is 0.495 e. The third kappa shape index (κ3) is 4.18. The molecule has 0 aromatic heterocycles. The Bertz CT molecular complexity index is 369. The van der Waals surface area contributed by atoms with Gasteiger partial charge in [-0.15, -0.1) is 0 Å². The first-order valence-corrected chi connectivity index (χ1v) is 7.07. The smallest absolute Gasteiger partial charge is 0.139 e. The lowest BCUT2D eigenvalue weighted by atomic mass is 10.1. The molecule has 4 heteroatoms. The van der Waals surface area contributed by atoms with Crippen LogP contribution in [-0.4, -0.2) is 27.8 Å². The second-order valence-corrected chi connectivity index (χ2v) is 4.98. The third-order valence-electron chi connectivity index (χ3n) is 2.94. The number of aryl methyl sites for hydroxylation is 1. The maximum Gasteiger partial charge on any atom is 0.139 e. The highest BCUT2D eigenvalue weighted by molar-refractivity contribution is 9.10. The second-order valence-electron chi connectivity index (χ2n) is 4.19. The van der Waals surface area contributed by atoms with Gasteiger partial charge in [-0.25, -0.2) is 0 Å². The van der Waals surface area contributed by atoms with Crippen LogP contribution in [0.4, 0.5) is 0 Å².